The summed E-state index contributed by atoms with van der Waals surface area (Å²) < 4.78 is 0. The molecule has 16 heavy (non-hydrogen) atoms. The summed E-state index contributed by atoms with van der Waals surface area (Å²) >= 11 is 1.37. The van der Waals surface area contributed by atoms with Crippen LogP contribution in [0.3, 0.4) is 0 Å². The van der Waals surface area contributed by atoms with Crippen molar-refractivity contribution in [2.45, 2.75) is 19.3 Å². The normalized spacial score (nSPS) is 16.2. The van der Waals surface area contributed by atoms with Gasteiger partial charge in [-0.3, -0.25) is 9.59 Å². The van der Waals surface area contributed by atoms with E-state index in [1.807, 2.05) is 0 Å². The van der Waals surface area contributed by atoms with E-state index >= 15 is 0 Å². The third-order valence-electron chi connectivity index (χ3n) is 2.43. The fraction of sp³-hybridized carbons (Fsp3) is 0.500. The minimum absolute atomic E-state index is 0.0699. The third kappa shape index (κ3) is 2.79. The molecule has 2 rings (SSSR count). The predicted molar refractivity (Wildman–Crippen MR) is 61.2 cm³/mol. The average Bonchev–Trinajstić information content (AvgIpc) is 2.74. The standard InChI is InChI=1S/C10H13N3O2S/c14-8(12-10-11-4-6-16-10)7-13-5-2-1-3-9(13)15/h4,6H,1-3,5,7H2,(H,11,12,14). The van der Waals surface area contributed by atoms with Crippen molar-refractivity contribution in [3.05, 3.63) is 11.6 Å². The number of rotatable bonds is 3. The molecule has 0 spiro atoms. The molecule has 2 heterocycles. The molecule has 1 aromatic rings. The van der Waals surface area contributed by atoms with Crippen molar-refractivity contribution in [2.75, 3.05) is 18.4 Å². The molecule has 0 saturated carbocycles. The van der Waals surface area contributed by atoms with Crippen LogP contribution in [0.4, 0.5) is 5.13 Å². The molecule has 1 saturated heterocycles. The van der Waals surface area contributed by atoms with Crippen LogP contribution < -0.4 is 5.32 Å². The van der Waals surface area contributed by atoms with E-state index in [0.717, 1.165) is 12.8 Å². The quantitative estimate of drug-likeness (QED) is 0.859. The van der Waals surface area contributed by atoms with Crippen LogP contribution in [-0.4, -0.2) is 34.8 Å². The van der Waals surface area contributed by atoms with Gasteiger partial charge in [0.05, 0.1) is 6.54 Å². The Labute approximate surface area is 97.5 Å². The molecule has 0 aromatic carbocycles. The van der Waals surface area contributed by atoms with Gasteiger partial charge in [-0.1, -0.05) is 0 Å². The number of amides is 2. The van der Waals surface area contributed by atoms with E-state index in [1.165, 1.54) is 11.3 Å². The van der Waals surface area contributed by atoms with Crippen molar-refractivity contribution < 1.29 is 9.59 Å². The van der Waals surface area contributed by atoms with Gasteiger partial charge in [0, 0.05) is 24.5 Å². The van der Waals surface area contributed by atoms with Gasteiger partial charge in [-0.15, -0.1) is 11.3 Å². The number of hydrogen-bond acceptors (Lipinski definition) is 4. The molecule has 0 aliphatic carbocycles. The minimum atomic E-state index is -0.176. The van der Waals surface area contributed by atoms with Gasteiger partial charge in [-0.2, -0.15) is 0 Å². The number of nitrogens with zero attached hydrogens (tertiary/aromatic N) is 2. The largest absolute Gasteiger partial charge is 0.333 e. The lowest BCUT2D eigenvalue weighted by atomic mass is 10.1. The Bertz CT molecular complexity index is 377. The van der Waals surface area contributed by atoms with E-state index in [2.05, 4.69) is 10.3 Å². The molecular weight excluding hydrogens is 226 g/mol. The molecule has 0 bridgehead atoms. The molecule has 1 fully saturated rings. The second kappa shape index (κ2) is 5.07. The Hall–Kier alpha value is -1.43. The van der Waals surface area contributed by atoms with Crippen molar-refractivity contribution in [1.82, 2.24) is 9.88 Å². The Morgan fingerprint density at radius 3 is 3.12 bits per heavy atom. The van der Waals surface area contributed by atoms with Crippen LogP contribution in [0.5, 0.6) is 0 Å². The lowest BCUT2D eigenvalue weighted by Gasteiger charge is -2.25. The van der Waals surface area contributed by atoms with Crippen LogP contribution in [0.25, 0.3) is 0 Å². The van der Waals surface area contributed by atoms with Gasteiger partial charge in [-0.05, 0) is 12.8 Å². The number of nitrogens with one attached hydrogen (secondary N) is 1. The van der Waals surface area contributed by atoms with Gasteiger partial charge < -0.3 is 10.2 Å². The van der Waals surface area contributed by atoms with Gasteiger partial charge >= 0.3 is 0 Å². The molecule has 1 aromatic heterocycles. The topological polar surface area (TPSA) is 62.3 Å². The van der Waals surface area contributed by atoms with Crippen LogP contribution in [0.2, 0.25) is 0 Å². The molecule has 0 radical (unpaired) electrons. The number of aromatic nitrogens is 1. The first-order valence-corrected chi connectivity index (χ1v) is 6.11. The van der Waals surface area contributed by atoms with Gasteiger partial charge in [0.2, 0.25) is 11.8 Å². The second-order valence-corrected chi connectivity index (χ2v) is 4.55. The number of anilines is 1. The van der Waals surface area contributed by atoms with Crippen LogP contribution in [0.15, 0.2) is 11.6 Å². The summed E-state index contributed by atoms with van der Waals surface area (Å²) in [5, 5.41) is 5.04. The van der Waals surface area contributed by atoms with E-state index in [4.69, 9.17) is 0 Å². The first-order chi connectivity index (χ1) is 7.75. The Morgan fingerprint density at radius 2 is 2.44 bits per heavy atom. The summed E-state index contributed by atoms with van der Waals surface area (Å²) in [6.45, 7) is 0.822. The molecule has 1 aliphatic heterocycles. The van der Waals surface area contributed by atoms with Gasteiger partial charge in [0.15, 0.2) is 5.13 Å². The number of carbonyl (C=O) groups excluding carboxylic acids is 2. The number of thiazole rings is 1. The maximum absolute atomic E-state index is 11.6. The highest BCUT2D eigenvalue weighted by Crippen LogP contribution is 2.12. The van der Waals surface area contributed by atoms with E-state index in [1.54, 1.807) is 16.5 Å². The second-order valence-electron chi connectivity index (χ2n) is 3.66. The number of carbonyl (C=O) groups is 2. The highest BCUT2D eigenvalue weighted by molar-refractivity contribution is 7.13. The maximum Gasteiger partial charge on any atom is 0.245 e. The smallest absolute Gasteiger partial charge is 0.245 e. The predicted octanol–water partition coefficient (Wildman–Crippen LogP) is 1.09. The monoisotopic (exact) mass is 239 g/mol. The Morgan fingerprint density at radius 1 is 1.56 bits per heavy atom. The summed E-state index contributed by atoms with van der Waals surface area (Å²) in [7, 11) is 0. The summed E-state index contributed by atoms with van der Waals surface area (Å²) in [5.74, 6) is -0.106. The highest BCUT2D eigenvalue weighted by Gasteiger charge is 2.20. The summed E-state index contributed by atoms with van der Waals surface area (Å²) in [6, 6.07) is 0. The van der Waals surface area contributed by atoms with E-state index < -0.39 is 0 Å². The van der Waals surface area contributed by atoms with Gasteiger partial charge in [0.1, 0.15) is 0 Å². The van der Waals surface area contributed by atoms with Crippen LogP contribution in [0, 0.1) is 0 Å². The van der Waals surface area contributed by atoms with Crippen molar-refractivity contribution in [3.8, 4) is 0 Å². The number of likely N-dealkylation sites (tertiary alicyclic amines) is 1. The zero-order valence-electron chi connectivity index (χ0n) is 8.81. The van der Waals surface area contributed by atoms with E-state index in [0.29, 0.717) is 18.1 Å². The summed E-state index contributed by atoms with van der Waals surface area (Å²) in [5.41, 5.74) is 0. The minimum Gasteiger partial charge on any atom is -0.333 e. The highest BCUT2D eigenvalue weighted by atomic mass is 32.1. The van der Waals surface area contributed by atoms with Crippen LogP contribution >= 0.6 is 11.3 Å². The molecule has 0 unspecified atom stereocenters. The van der Waals surface area contributed by atoms with Crippen LogP contribution in [0.1, 0.15) is 19.3 Å². The molecule has 86 valence electrons. The maximum atomic E-state index is 11.6. The van der Waals surface area contributed by atoms with Crippen molar-refractivity contribution in [3.63, 3.8) is 0 Å². The molecule has 5 nitrogen and oxygen atoms in total. The zero-order chi connectivity index (χ0) is 11.4. The summed E-state index contributed by atoms with van der Waals surface area (Å²) in [6.07, 6.45) is 4.11. The Balaban J connectivity index is 1.84. The summed E-state index contributed by atoms with van der Waals surface area (Å²) in [4.78, 5) is 28.6. The molecule has 1 aliphatic rings. The molecule has 2 amide bonds. The van der Waals surface area contributed by atoms with Crippen LogP contribution in [-0.2, 0) is 9.59 Å². The fourth-order valence-electron chi connectivity index (χ4n) is 1.65. The van der Waals surface area contributed by atoms with E-state index in [9.17, 15) is 9.59 Å². The van der Waals surface area contributed by atoms with Gasteiger partial charge in [0.25, 0.3) is 0 Å². The SMILES string of the molecule is O=C(CN1CCCCC1=O)Nc1nccs1. The van der Waals surface area contributed by atoms with Crippen molar-refractivity contribution in [2.24, 2.45) is 0 Å². The third-order valence-corrected chi connectivity index (χ3v) is 3.12. The Kier molecular flexibility index (Phi) is 3.51. The average molecular weight is 239 g/mol. The van der Waals surface area contributed by atoms with Crippen molar-refractivity contribution >= 4 is 28.3 Å². The first-order valence-electron chi connectivity index (χ1n) is 5.23. The first kappa shape index (κ1) is 11.1. The number of hydrogen-bond donors (Lipinski definition) is 1. The lowest BCUT2D eigenvalue weighted by molar-refractivity contribution is -0.136. The molecule has 1 N–H and O–H groups in total. The molecule has 0 atom stereocenters. The molecular formula is C10H13N3O2S. The molecule has 6 heteroatoms. The fourth-order valence-corrected chi connectivity index (χ4v) is 2.19. The number of piperidine rings is 1. The van der Waals surface area contributed by atoms with Crippen molar-refractivity contribution in [1.29, 1.82) is 0 Å². The zero-order valence-corrected chi connectivity index (χ0v) is 9.63. The van der Waals surface area contributed by atoms with E-state index in [-0.39, 0.29) is 18.4 Å². The van der Waals surface area contributed by atoms with Gasteiger partial charge in [-0.25, -0.2) is 4.98 Å². The lowest BCUT2D eigenvalue weighted by Crippen LogP contribution is -2.40.